The summed E-state index contributed by atoms with van der Waals surface area (Å²) in [7, 11) is 3.70. The van der Waals surface area contributed by atoms with Gasteiger partial charge in [0.1, 0.15) is 5.82 Å². The first kappa shape index (κ1) is 14.9. The number of pyridine rings is 1. The average Bonchev–Trinajstić information content (AvgIpc) is 2.38. The first-order valence-corrected chi connectivity index (χ1v) is 6.44. The lowest BCUT2D eigenvalue weighted by atomic mass is 10.1. The van der Waals surface area contributed by atoms with Crippen molar-refractivity contribution < 1.29 is 9.84 Å². The van der Waals surface area contributed by atoms with E-state index in [0.717, 1.165) is 29.9 Å². The summed E-state index contributed by atoms with van der Waals surface area (Å²) < 4.78 is 5.16. The van der Waals surface area contributed by atoms with Crippen molar-refractivity contribution in [3.8, 4) is 0 Å². The van der Waals surface area contributed by atoms with Crippen LogP contribution >= 0.6 is 0 Å². The zero-order valence-corrected chi connectivity index (χ0v) is 11.8. The van der Waals surface area contributed by atoms with Crippen molar-refractivity contribution in [3.63, 3.8) is 0 Å². The van der Waals surface area contributed by atoms with Gasteiger partial charge in [-0.2, -0.15) is 0 Å². The maximum atomic E-state index is 9.31. The Labute approximate surface area is 110 Å². The van der Waals surface area contributed by atoms with Crippen molar-refractivity contribution in [2.45, 2.75) is 39.3 Å². The van der Waals surface area contributed by atoms with Gasteiger partial charge >= 0.3 is 0 Å². The number of hydrogen-bond acceptors (Lipinski definition) is 4. The second-order valence-corrected chi connectivity index (χ2v) is 4.65. The van der Waals surface area contributed by atoms with Gasteiger partial charge in [0.2, 0.25) is 0 Å². The van der Waals surface area contributed by atoms with Crippen molar-refractivity contribution in [1.29, 1.82) is 0 Å². The van der Waals surface area contributed by atoms with Gasteiger partial charge in [-0.3, -0.25) is 0 Å². The van der Waals surface area contributed by atoms with Crippen molar-refractivity contribution in [2.24, 2.45) is 0 Å². The van der Waals surface area contributed by atoms with E-state index >= 15 is 0 Å². The number of rotatable bonds is 7. The predicted molar refractivity (Wildman–Crippen MR) is 73.9 cm³/mol. The van der Waals surface area contributed by atoms with Crippen molar-refractivity contribution in [2.75, 3.05) is 25.7 Å². The molecule has 1 aromatic rings. The highest BCUT2D eigenvalue weighted by Crippen LogP contribution is 2.17. The number of anilines is 1. The Morgan fingerprint density at radius 2 is 2.17 bits per heavy atom. The summed E-state index contributed by atoms with van der Waals surface area (Å²) in [6.45, 7) is 4.93. The van der Waals surface area contributed by atoms with Crippen LogP contribution in [-0.4, -0.2) is 36.9 Å². The quantitative estimate of drug-likeness (QED) is 0.806. The van der Waals surface area contributed by atoms with Crippen LogP contribution in [0.25, 0.3) is 0 Å². The van der Waals surface area contributed by atoms with E-state index in [1.54, 1.807) is 7.11 Å². The number of nitrogens with zero attached hydrogens (tertiary/aromatic N) is 2. The van der Waals surface area contributed by atoms with Gasteiger partial charge in [0.15, 0.2) is 0 Å². The van der Waals surface area contributed by atoms with E-state index in [2.05, 4.69) is 23.7 Å². The zero-order chi connectivity index (χ0) is 13.5. The van der Waals surface area contributed by atoms with Gasteiger partial charge < -0.3 is 14.7 Å². The number of ether oxygens (including phenoxy) is 1. The van der Waals surface area contributed by atoms with Crippen LogP contribution in [0, 0.1) is 0 Å². The SMILES string of the molecule is CCCc1cc(CO)cc(N(C)C(C)COC)n1. The van der Waals surface area contributed by atoms with Gasteiger partial charge in [-0.15, -0.1) is 0 Å². The molecule has 0 aliphatic rings. The number of aryl methyl sites for hydroxylation is 1. The molecule has 0 aliphatic heterocycles. The molecule has 1 atom stereocenters. The van der Waals surface area contributed by atoms with E-state index in [9.17, 15) is 5.11 Å². The molecule has 0 bridgehead atoms. The molecular formula is C14H24N2O2. The minimum absolute atomic E-state index is 0.0543. The first-order chi connectivity index (χ1) is 8.62. The maximum absolute atomic E-state index is 9.31. The molecule has 0 amide bonds. The highest BCUT2D eigenvalue weighted by molar-refractivity contribution is 5.43. The van der Waals surface area contributed by atoms with Crippen molar-refractivity contribution in [1.82, 2.24) is 4.98 Å². The fraction of sp³-hybridized carbons (Fsp3) is 0.643. The first-order valence-electron chi connectivity index (χ1n) is 6.44. The van der Waals surface area contributed by atoms with Gasteiger partial charge in [-0.05, 0) is 31.0 Å². The molecule has 0 aliphatic carbocycles. The Hall–Kier alpha value is -1.13. The van der Waals surface area contributed by atoms with Gasteiger partial charge in [-0.1, -0.05) is 13.3 Å². The minimum Gasteiger partial charge on any atom is -0.392 e. The highest BCUT2D eigenvalue weighted by atomic mass is 16.5. The lowest BCUT2D eigenvalue weighted by Gasteiger charge is -2.26. The summed E-state index contributed by atoms with van der Waals surface area (Å²) in [5.41, 5.74) is 1.95. The summed E-state index contributed by atoms with van der Waals surface area (Å²) in [5.74, 6) is 0.898. The van der Waals surface area contributed by atoms with E-state index in [0.29, 0.717) is 6.61 Å². The Bertz CT molecular complexity index is 369. The van der Waals surface area contributed by atoms with E-state index in [1.807, 2.05) is 19.2 Å². The van der Waals surface area contributed by atoms with Crippen LogP contribution in [0.15, 0.2) is 12.1 Å². The van der Waals surface area contributed by atoms with Crippen LogP contribution in [0.2, 0.25) is 0 Å². The maximum Gasteiger partial charge on any atom is 0.129 e. The van der Waals surface area contributed by atoms with Crippen LogP contribution in [0.3, 0.4) is 0 Å². The van der Waals surface area contributed by atoms with Crippen molar-refractivity contribution >= 4 is 5.82 Å². The second-order valence-electron chi connectivity index (χ2n) is 4.65. The fourth-order valence-corrected chi connectivity index (χ4v) is 1.87. The number of likely N-dealkylation sites (N-methyl/N-ethyl adjacent to an activating group) is 1. The topological polar surface area (TPSA) is 45.6 Å². The van der Waals surface area contributed by atoms with Crippen LogP contribution < -0.4 is 4.90 Å². The van der Waals surface area contributed by atoms with E-state index < -0.39 is 0 Å². The standard InChI is InChI=1S/C14H24N2O2/c1-5-6-13-7-12(9-17)8-14(15-13)16(3)11(2)10-18-4/h7-8,11,17H,5-6,9-10H2,1-4H3. The molecule has 1 heterocycles. The molecule has 1 aromatic heterocycles. The lowest BCUT2D eigenvalue weighted by Crippen LogP contribution is -2.33. The highest BCUT2D eigenvalue weighted by Gasteiger charge is 2.12. The molecule has 1 rings (SSSR count). The largest absolute Gasteiger partial charge is 0.392 e. The molecule has 0 spiro atoms. The molecule has 1 N–H and O–H groups in total. The van der Waals surface area contributed by atoms with Crippen molar-refractivity contribution in [3.05, 3.63) is 23.4 Å². The predicted octanol–water partition coefficient (Wildman–Crippen LogP) is 2.00. The third-order valence-electron chi connectivity index (χ3n) is 3.04. The molecule has 1 unspecified atom stereocenters. The molecule has 18 heavy (non-hydrogen) atoms. The third-order valence-corrected chi connectivity index (χ3v) is 3.04. The van der Waals surface area contributed by atoms with Crippen LogP contribution in [0.4, 0.5) is 5.82 Å². The van der Waals surface area contributed by atoms with E-state index in [-0.39, 0.29) is 12.6 Å². The van der Waals surface area contributed by atoms with Crippen LogP contribution in [0.1, 0.15) is 31.5 Å². The molecule has 0 saturated carbocycles. The normalized spacial score (nSPS) is 12.5. The number of aromatic nitrogens is 1. The average molecular weight is 252 g/mol. The Morgan fingerprint density at radius 3 is 2.72 bits per heavy atom. The Balaban J connectivity index is 2.95. The number of methoxy groups -OCH3 is 1. The summed E-state index contributed by atoms with van der Waals surface area (Å²) in [4.78, 5) is 6.72. The van der Waals surface area contributed by atoms with Crippen LogP contribution in [0.5, 0.6) is 0 Å². The van der Waals surface area contributed by atoms with Gasteiger partial charge in [0.25, 0.3) is 0 Å². The second kappa shape index (κ2) is 7.34. The van der Waals surface area contributed by atoms with Gasteiger partial charge in [0, 0.05) is 19.9 Å². The lowest BCUT2D eigenvalue weighted by molar-refractivity contribution is 0.183. The molecular weight excluding hydrogens is 228 g/mol. The fourth-order valence-electron chi connectivity index (χ4n) is 1.87. The van der Waals surface area contributed by atoms with E-state index in [4.69, 9.17) is 4.74 Å². The van der Waals surface area contributed by atoms with E-state index in [1.165, 1.54) is 0 Å². The molecule has 0 fully saturated rings. The minimum atomic E-state index is 0.0543. The monoisotopic (exact) mass is 252 g/mol. The Morgan fingerprint density at radius 1 is 1.44 bits per heavy atom. The smallest absolute Gasteiger partial charge is 0.129 e. The molecule has 0 radical (unpaired) electrons. The zero-order valence-electron chi connectivity index (χ0n) is 11.8. The summed E-state index contributed by atoms with van der Waals surface area (Å²) in [5, 5.41) is 9.31. The molecule has 0 saturated heterocycles. The summed E-state index contributed by atoms with van der Waals surface area (Å²) in [6, 6.07) is 4.17. The van der Waals surface area contributed by atoms with Gasteiger partial charge in [0.05, 0.1) is 19.3 Å². The van der Waals surface area contributed by atoms with Gasteiger partial charge in [-0.25, -0.2) is 4.98 Å². The Kier molecular flexibility index (Phi) is 6.09. The molecule has 4 heteroatoms. The van der Waals surface area contributed by atoms with Crippen LogP contribution in [-0.2, 0) is 17.8 Å². The number of aliphatic hydroxyl groups is 1. The molecule has 4 nitrogen and oxygen atoms in total. The third kappa shape index (κ3) is 3.96. The number of hydrogen-bond donors (Lipinski definition) is 1. The summed E-state index contributed by atoms with van der Waals surface area (Å²) >= 11 is 0. The molecule has 102 valence electrons. The number of aliphatic hydroxyl groups excluding tert-OH is 1. The molecule has 0 aromatic carbocycles. The summed E-state index contributed by atoms with van der Waals surface area (Å²) in [6.07, 6.45) is 1.99.